The monoisotopic (exact) mass is 632 g/mol. The highest BCUT2D eigenvalue weighted by atomic mass is 19.4. The van der Waals surface area contributed by atoms with Gasteiger partial charge in [0.1, 0.15) is 12.4 Å². The quantitative estimate of drug-likeness (QED) is 0.135. The van der Waals surface area contributed by atoms with Crippen LogP contribution in [0.25, 0.3) is 16.9 Å². The molecule has 18 heteroatoms. The largest absolute Gasteiger partial charge is 0.483 e. The van der Waals surface area contributed by atoms with E-state index >= 15 is 4.39 Å². The van der Waals surface area contributed by atoms with E-state index in [1.165, 1.54) is 42.9 Å². The van der Waals surface area contributed by atoms with E-state index in [9.17, 15) is 22.8 Å². The zero-order valence-corrected chi connectivity index (χ0v) is 24.1. The van der Waals surface area contributed by atoms with Gasteiger partial charge in [-0.3, -0.25) is 23.5 Å². The number of nitrogens with one attached hydrogen (secondary N) is 3. The number of aryl methyl sites for hydroxylation is 1. The van der Waals surface area contributed by atoms with Crippen LogP contribution < -0.4 is 21.7 Å². The predicted molar refractivity (Wildman–Crippen MR) is 152 cm³/mol. The lowest BCUT2D eigenvalue weighted by atomic mass is 10.1. The summed E-state index contributed by atoms with van der Waals surface area (Å²) < 4.78 is 58.5. The SMILES string of the molecule is Cc1cc(Nc2nccn3c(-c4cn(CC#N)nc4C(F)(F)F)cnc23)cc(F)c1C(=O)N[C@H](C)CNC(=O)[C@H](C)N.O=CO. The van der Waals surface area contributed by atoms with Crippen LogP contribution in [0.15, 0.2) is 36.9 Å². The summed E-state index contributed by atoms with van der Waals surface area (Å²) in [7, 11) is 0. The third kappa shape index (κ3) is 8.08. The molecule has 2 atom stereocenters. The molecule has 45 heavy (non-hydrogen) atoms. The van der Waals surface area contributed by atoms with E-state index in [0.29, 0.717) is 0 Å². The zero-order valence-electron chi connectivity index (χ0n) is 24.1. The van der Waals surface area contributed by atoms with Gasteiger partial charge >= 0.3 is 6.18 Å². The molecule has 4 aromatic rings. The molecule has 0 fully saturated rings. The number of fused-ring (bicyclic) bond motifs is 1. The molecular weight excluding hydrogens is 604 g/mol. The summed E-state index contributed by atoms with van der Waals surface area (Å²) in [4.78, 5) is 41.2. The first-order chi connectivity index (χ1) is 21.2. The maximum atomic E-state index is 15.1. The fraction of sp³-hybridized carbons (Fsp3) is 0.296. The van der Waals surface area contributed by atoms with Gasteiger partial charge in [-0.05, 0) is 38.5 Å². The summed E-state index contributed by atoms with van der Waals surface area (Å²) in [6.07, 6.45) is 0.263. The van der Waals surface area contributed by atoms with Crippen LogP contribution in [0.3, 0.4) is 0 Å². The van der Waals surface area contributed by atoms with Gasteiger partial charge in [0.15, 0.2) is 17.2 Å². The molecule has 3 heterocycles. The number of nitrogens with zero attached hydrogens (tertiary/aromatic N) is 6. The Labute approximate surface area is 252 Å². The van der Waals surface area contributed by atoms with Crippen LogP contribution in [0.2, 0.25) is 0 Å². The molecule has 6 N–H and O–H groups in total. The number of amides is 2. The number of carbonyl (C=O) groups excluding carboxylic acids is 2. The van der Waals surface area contributed by atoms with Gasteiger partial charge in [-0.2, -0.15) is 23.5 Å². The topological polar surface area (TPSA) is 205 Å². The van der Waals surface area contributed by atoms with Crippen LogP contribution in [0, 0.1) is 24.1 Å². The first-order valence-electron chi connectivity index (χ1n) is 13.0. The predicted octanol–water partition coefficient (Wildman–Crippen LogP) is 2.61. The maximum Gasteiger partial charge on any atom is 0.435 e. The van der Waals surface area contributed by atoms with Gasteiger partial charge in [-0.25, -0.2) is 14.4 Å². The molecule has 0 saturated heterocycles. The standard InChI is InChI=1S/C26H26F4N10O2.CH2O2/c1-13-8-16(9-18(27)20(13)25(42)36-14(2)10-35-24(41)15(3)32)37-22-23-34-11-19(40(23)7-5-33-22)17-12-39(6-4-31)38-21(17)26(28,29)30;2-1-3/h5,7-9,11-12,14-15H,6,10,32H2,1-3H3,(H,33,37)(H,35,41)(H,36,42);1H,(H,2,3)/t14-,15+;/m1./s1. The van der Waals surface area contributed by atoms with E-state index in [-0.39, 0.29) is 59.1 Å². The molecule has 0 saturated carbocycles. The summed E-state index contributed by atoms with van der Waals surface area (Å²) in [5.41, 5.74) is 4.52. The van der Waals surface area contributed by atoms with Crippen LogP contribution in [0.4, 0.5) is 29.1 Å². The van der Waals surface area contributed by atoms with Crippen molar-refractivity contribution in [3.8, 4) is 17.3 Å². The number of carbonyl (C=O) groups is 3. The fourth-order valence-corrected chi connectivity index (χ4v) is 4.18. The highest BCUT2D eigenvalue weighted by molar-refractivity contribution is 5.96. The van der Waals surface area contributed by atoms with Crippen LogP contribution in [0.5, 0.6) is 0 Å². The Balaban J connectivity index is 0.00000177. The number of benzene rings is 1. The van der Waals surface area contributed by atoms with Gasteiger partial charge in [0.05, 0.1) is 35.1 Å². The average Bonchev–Trinajstić information content (AvgIpc) is 3.57. The van der Waals surface area contributed by atoms with E-state index in [4.69, 9.17) is 20.9 Å². The van der Waals surface area contributed by atoms with Crippen LogP contribution in [-0.4, -0.2) is 66.2 Å². The molecule has 0 aliphatic carbocycles. The molecule has 0 spiro atoms. The smallest absolute Gasteiger partial charge is 0.435 e. The second kappa shape index (κ2) is 14.3. The highest BCUT2D eigenvalue weighted by Gasteiger charge is 2.38. The number of imidazole rings is 1. The molecule has 1 aromatic carbocycles. The third-order valence-corrected chi connectivity index (χ3v) is 6.12. The number of alkyl halides is 3. The third-order valence-electron chi connectivity index (χ3n) is 6.12. The summed E-state index contributed by atoms with van der Waals surface area (Å²) in [6.45, 7) is 4.16. The first-order valence-corrected chi connectivity index (χ1v) is 13.0. The van der Waals surface area contributed by atoms with Gasteiger partial charge in [0, 0.05) is 36.9 Å². The van der Waals surface area contributed by atoms with E-state index in [0.717, 1.165) is 16.9 Å². The van der Waals surface area contributed by atoms with Gasteiger partial charge < -0.3 is 26.8 Å². The summed E-state index contributed by atoms with van der Waals surface area (Å²) >= 11 is 0. The molecule has 0 bridgehead atoms. The lowest BCUT2D eigenvalue weighted by Crippen LogP contribution is -2.46. The number of aromatic nitrogens is 5. The Morgan fingerprint density at radius 3 is 2.53 bits per heavy atom. The van der Waals surface area contributed by atoms with Crippen molar-refractivity contribution in [3.63, 3.8) is 0 Å². The Bertz CT molecular complexity index is 1720. The molecule has 0 radical (unpaired) electrons. The fourth-order valence-electron chi connectivity index (χ4n) is 4.18. The Kier molecular flexibility index (Phi) is 10.8. The van der Waals surface area contributed by atoms with Crippen LogP contribution in [0.1, 0.15) is 35.5 Å². The second-order valence-electron chi connectivity index (χ2n) is 9.65. The number of halogens is 4. The minimum absolute atomic E-state index is 0.0487. The summed E-state index contributed by atoms with van der Waals surface area (Å²) in [5, 5.41) is 27.4. The van der Waals surface area contributed by atoms with Gasteiger partial charge in [0.2, 0.25) is 5.91 Å². The number of rotatable bonds is 9. The number of hydrogen-bond donors (Lipinski definition) is 5. The molecule has 2 amide bonds. The number of anilines is 2. The molecule has 0 aliphatic heterocycles. The van der Waals surface area contributed by atoms with Crippen LogP contribution in [-0.2, 0) is 22.3 Å². The molecule has 238 valence electrons. The van der Waals surface area contributed by atoms with Gasteiger partial charge in [-0.15, -0.1) is 0 Å². The van der Waals surface area contributed by atoms with Gasteiger partial charge in [0.25, 0.3) is 12.4 Å². The van der Waals surface area contributed by atoms with Crippen molar-refractivity contribution in [3.05, 3.63) is 59.6 Å². The maximum absolute atomic E-state index is 15.1. The normalized spacial score (nSPS) is 12.3. The van der Waals surface area contributed by atoms with Crippen molar-refractivity contribution in [1.29, 1.82) is 5.26 Å². The molecule has 0 unspecified atom stereocenters. The van der Waals surface area contributed by atoms with E-state index in [1.807, 2.05) is 0 Å². The summed E-state index contributed by atoms with van der Waals surface area (Å²) in [5.74, 6) is -1.81. The number of nitrogens with two attached hydrogens (primary N) is 1. The van der Waals surface area contributed by atoms with Crippen molar-refractivity contribution in [2.24, 2.45) is 5.73 Å². The molecular formula is C27H28F4N10O4. The molecule has 4 rings (SSSR count). The molecule has 3 aromatic heterocycles. The zero-order chi connectivity index (χ0) is 33.5. The van der Waals surface area contributed by atoms with Crippen molar-refractivity contribution in [2.45, 2.75) is 45.6 Å². The number of nitriles is 1. The Morgan fingerprint density at radius 1 is 1.24 bits per heavy atom. The number of hydrogen-bond acceptors (Lipinski definition) is 9. The highest BCUT2D eigenvalue weighted by Crippen LogP contribution is 2.37. The lowest BCUT2D eigenvalue weighted by molar-refractivity contribution is -0.141. The van der Waals surface area contributed by atoms with Crippen molar-refractivity contribution >= 4 is 35.4 Å². The van der Waals surface area contributed by atoms with Crippen molar-refractivity contribution in [2.75, 3.05) is 11.9 Å². The Morgan fingerprint density at radius 2 is 1.93 bits per heavy atom. The van der Waals surface area contributed by atoms with Crippen LogP contribution >= 0.6 is 0 Å². The molecule has 0 aliphatic rings. The molecule has 14 nitrogen and oxygen atoms in total. The van der Waals surface area contributed by atoms with Gasteiger partial charge in [-0.1, -0.05) is 0 Å². The van der Waals surface area contributed by atoms with Crippen molar-refractivity contribution < 1.29 is 37.1 Å². The van der Waals surface area contributed by atoms with E-state index < -0.39 is 41.6 Å². The summed E-state index contributed by atoms with van der Waals surface area (Å²) in [6, 6.07) is 3.10. The minimum atomic E-state index is -4.79. The second-order valence-corrected chi connectivity index (χ2v) is 9.65. The number of carboxylic acid groups (broad SMARTS) is 1. The lowest BCUT2D eigenvalue weighted by Gasteiger charge is -2.17. The average molecular weight is 633 g/mol. The first kappa shape index (κ1) is 33.9. The minimum Gasteiger partial charge on any atom is -0.483 e. The van der Waals surface area contributed by atoms with E-state index in [1.54, 1.807) is 13.0 Å². The van der Waals surface area contributed by atoms with Crippen molar-refractivity contribution in [1.82, 2.24) is 34.8 Å². The Hall–Kier alpha value is -5.57. The van der Waals surface area contributed by atoms with E-state index in [2.05, 4.69) is 31.0 Å².